The summed E-state index contributed by atoms with van der Waals surface area (Å²) in [7, 11) is 1.68. The molecule has 27 heavy (non-hydrogen) atoms. The van der Waals surface area contributed by atoms with Crippen LogP contribution in [0.4, 0.5) is 11.4 Å². The number of methoxy groups -OCH3 is 1. The van der Waals surface area contributed by atoms with Gasteiger partial charge in [0, 0.05) is 31.9 Å². The fourth-order valence-corrected chi connectivity index (χ4v) is 3.54. The van der Waals surface area contributed by atoms with Crippen molar-refractivity contribution in [2.24, 2.45) is 0 Å². The van der Waals surface area contributed by atoms with Crippen molar-refractivity contribution in [3.63, 3.8) is 0 Å². The number of para-hydroxylation sites is 2. The number of rotatable bonds is 5. The second kappa shape index (κ2) is 8.95. The largest absolute Gasteiger partial charge is 0.497 e. The van der Waals surface area contributed by atoms with E-state index in [0.29, 0.717) is 6.61 Å². The van der Waals surface area contributed by atoms with Crippen molar-refractivity contribution >= 4 is 28.7 Å². The minimum absolute atomic E-state index is 0.673. The zero-order chi connectivity index (χ0) is 19.2. The lowest BCUT2D eigenvalue weighted by atomic mass is 10.2. The molecule has 3 rings (SSSR count). The second-order valence-electron chi connectivity index (χ2n) is 6.49. The number of nitrogens with one attached hydrogen (secondary N) is 1. The molecular weight excluding hydrogens is 358 g/mol. The van der Waals surface area contributed by atoms with Crippen molar-refractivity contribution in [1.82, 2.24) is 4.90 Å². The van der Waals surface area contributed by atoms with E-state index in [4.69, 9.17) is 21.7 Å². The van der Waals surface area contributed by atoms with Gasteiger partial charge < -0.3 is 24.6 Å². The predicted molar refractivity (Wildman–Crippen MR) is 115 cm³/mol. The molecule has 1 heterocycles. The van der Waals surface area contributed by atoms with Gasteiger partial charge in [-0.2, -0.15) is 0 Å². The zero-order valence-corrected chi connectivity index (χ0v) is 17.0. The van der Waals surface area contributed by atoms with E-state index in [2.05, 4.69) is 34.2 Å². The number of nitrogens with zero attached hydrogens (tertiary/aromatic N) is 2. The van der Waals surface area contributed by atoms with Crippen molar-refractivity contribution in [1.29, 1.82) is 0 Å². The van der Waals surface area contributed by atoms with E-state index in [1.807, 2.05) is 37.3 Å². The summed E-state index contributed by atoms with van der Waals surface area (Å²) in [6, 6.07) is 14.2. The Kier molecular flexibility index (Phi) is 6.40. The molecule has 0 aliphatic carbocycles. The van der Waals surface area contributed by atoms with E-state index in [9.17, 15) is 0 Å². The minimum Gasteiger partial charge on any atom is -0.497 e. The molecule has 1 aliphatic rings. The number of aryl methyl sites for hydroxylation is 1. The zero-order valence-electron chi connectivity index (χ0n) is 16.2. The van der Waals surface area contributed by atoms with Crippen LogP contribution in [0.25, 0.3) is 0 Å². The van der Waals surface area contributed by atoms with Crippen LogP contribution < -0.4 is 19.7 Å². The molecule has 0 aromatic heterocycles. The number of hydrogen-bond acceptors (Lipinski definition) is 4. The Morgan fingerprint density at radius 3 is 2.52 bits per heavy atom. The fraction of sp³-hybridized carbons (Fsp3) is 0.381. The molecule has 5 nitrogen and oxygen atoms in total. The first-order chi connectivity index (χ1) is 13.1. The Balaban J connectivity index is 1.60. The van der Waals surface area contributed by atoms with Crippen molar-refractivity contribution in [3.8, 4) is 11.5 Å². The molecule has 1 aliphatic heterocycles. The highest BCUT2D eigenvalue weighted by molar-refractivity contribution is 7.80. The van der Waals surface area contributed by atoms with Crippen LogP contribution in [-0.2, 0) is 0 Å². The molecule has 0 radical (unpaired) electrons. The third kappa shape index (κ3) is 4.63. The van der Waals surface area contributed by atoms with Gasteiger partial charge in [0.05, 0.1) is 19.4 Å². The molecule has 0 bridgehead atoms. The average Bonchev–Trinajstić information content (AvgIpc) is 2.70. The minimum atomic E-state index is 0.673. The maximum atomic E-state index is 5.77. The Hall–Kier alpha value is -2.47. The van der Waals surface area contributed by atoms with Gasteiger partial charge in [-0.15, -0.1) is 0 Å². The van der Waals surface area contributed by atoms with E-state index in [1.54, 1.807) is 7.11 Å². The SMILES string of the molecule is CCOc1ccccc1N1CCN(C(=S)Nc2ccc(OC)cc2C)CC1. The highest BCUT2D eigenvalue weighted by Crippen LogP contribution is 2.29. The first kappa shape index (κ1) is 19.3. The van der Waals surface area contributed by atoms with Gasteiger partial charge in [-0.25, -0.2) is 0 Å². The van der Waals surface area contributed by atoms with Crippen LogP contribution in [0.1, 0.15) is 12.5 Å². The fourth-order valence-electron chi connectivity index (χ4n) is 3.24. The number of thiocarbonyl (C=S) groups is 1. The molecule has 1 N–H and O–H groups in total. The van der Waals surface area contributed by atoms with Gasteiger partial charge in [-0.05, 0) is 62.0 Å². The van der Waals surface area contributed by atoms with Crippen molar-refractivity contribution in [2.75, 3.05) is 50.1 Å². The molecule has 2 aromatic carbocycles. The second-order valence-corrected chi connectivity index (χ2v) is 6.87. The van der Waals surface area contributed by atoms with E-state index in [0.717, 1.165) is 59.7 Å². The summed E-state index contributed by atoms with van der Waals surface area (Å²) in [4.78, 5) is 4.58. The standard InChI is InChI=1S/C21H27N3O2S/c1-4-26-20-8-6-5-7-19(20)23-11-13-24(14-12-23)21(27)22-18-10-9-17(25-3)15-16(18)2/h5-10,15H,4,11-14H2,1-3H3,(H,22,27). The third-order valence-electron chi connectivity index (χ3n) is 4.75. The number of piperazine rings is 1. The predicted octanol–water partition coefficient (Wildman–Crippen LogP) is 3.92. The van der Waals surface area contributed by atoms with Crippen LogP contribution in [0.3, 0.4) is 0 Å². The highest BCUT2D eigenvalue weighted by atomic mass is 32.1. The molecule has 0 amide bonds. The molecule has 1 fully saturated rings. The monoisotopic (exact) mass is 385 g/mol. The summed E-state index contributed by atoms with van der Waals surface area (Å²) in [5.41, 5.74) is 3.29. The Bertz CT molecular complexity index is 789. The lowest BCUT2D eigenvalue weighted by molar-refractivity contribution is 0.336. The number of ether oxygens (including phenoxy) is 2. The lowest BCUT2D eigenvalue weighted by Crippen LogP contribution is -2.50. The Morgan fingerprint density at radius 2 is 1.85 bits per heavy atom. The summed E-state index contributed by atoms with van der Waals surface area (Å²) in [5.74, 6) is 1.80. The first-order valence-corrected chi connectivity index (χ1v) is 9.70. The van der Waals surface area contributed by atoms with Crippen LogP contribution in [0.2, 0.25) is 0 Å². The molecule has 0 atom stereocenters. The molecule has 0 spiro atoms. The average molecular weight is 386 g/mol. The number of anilines is 2. The van der Waals surface area contributed by atoms with E-state index in [-0.39, 0.29) is 0 Å². The molecule has 6 heteroatoms. The van der Waals surface area contributed by atoms with Gasteiger partial charge in [0.2, 0.25) is 0 Å². The lowest BCUT2D eigenvalue weighted by Gasteiger charge is -2.38. The summed E-state index contributed by atoms with van der Waals surface area (Å²) < 4.78 is 11.0. The van der Waals surface area contributed by atoms with Crippen molar-refractivity contribution in [3.05, 3.63) is 48.0 Å². The normalized spacial score (nSPS) is 14.0. The molecule has 0 unspecified atom stereocenters. The molecule has 2 aromatic rings. The van der Waals surface area contributed by atoms with Gasteiger partial charge in [0.25, 0.3) is 0 Å². The highest BCUT2D eigenvalue weighted by Gasteiger charge is 2.21. The molecular formula is C21H27N3O2S. The van der Waals surface area contributed by atoms with Gasteiger partial charge >= 0.3 is 0 Å². The Morgan fingerprint density at radius 1 is 1.11 bits per heavy atom. The maximum Gasteiger partial charge on any atom is 0.173 e. The molecule has 144 valence electrons. The van der Waals surface area contributed by atoms with E-state index >= 15 is 0 Å². The van der Waals surface area contributed by atoms with Gasteiger partial charge in [0.15, 0.2) is 5.11 Å². The quantitative estimate of drug-likeness (QED) is 0.787. The van der Waals surface area contributed by atoms with E-state index < -0.39 is 0 Å². The summed E-state index contributed by atoms with van der Waals surface area (Å²) in [6.07, 6.45) is 0. The van der Waals surface area contributed by atoms with E-state index in [1.165, 1.54) is 0 Å². The molecule has 0 saturated carbocycles. The van der Waals surface area contributed by atoms with Crippen LogP contribution in [0, 0.1) is 6.92 Å². The third-order valence-corrected chi connectivity index (χ3v) is 5.11. The summed E-state index contributed by atoms with van der Waals surface area (Å²) in [5, 5.41) is 4.14. The topological polar surface area (TPSA) is 37.0 Å². The van der Waals surface area contributed by atoms with Crippen LogP contribution in [0.15, 0.2) is 42.5 Å². The van der Waals surface area contributed by atoms with Crippen molar-refractivity contribution < 1.29 is 9.47 Å². The first-order valence-electron chi connectivity index (χ1n) is 9.29. The summed E-state index contributed by atoms with van der Waals surface area (Å²) in [6.45, 7) is 8.31. The molecule has 1 saturated heterocycles. The van der Waals surface area contributed by atoms with Crippen molar-refractivity contribution in [2.45, 2.75) is 13.8 Å². The maximum absolute atomic E-state index is 5.77. The smallest absolute Gasteiger partial charge is 0.173 e. The Labute approximate surface area is 166 Å². The van der Waals surface area contributed by atoms with Gasteiger partial charge in [0.1, 0.15) is 11.5 Å². The van der Waals surface area contributed by atoms with Gasteiger partial charge in [-0.1, -0.05) is 12.1 Å². The number of hydrogen-bond donors (Lipinski definition) is 1. The van der Waals surface area contributed by atoms with Crippen LogP contribution >= 0.6 is 12.2 Å². The van der Waals surface area contributed by atoms with Gasteiger partial charge in [-0.3, -0.25) is 0 Å². The number of benzene rings is 2. The summed E-state index contributed by atoms with van der Waals surface area (Å²) >= 11 is 5.64. The van der Waals surface area contributed by atoms with Crippen LogP contribution in [0.5, 0.6) is 11.5 Å². The van der Waals surface area contributed by atoms with Crippen LogP contribution in [-0.4, -0.2) is 49.9 Å².